The second-order valence-corrected chi connectivity index (χ2v) is 9.46. The fraction of sp³-hybridized carbons (Fsp3) is 0.857. The standard InChI is InChI=1S/C21H32O2/c1-14(22)21(23)13-10-18-16-8-7-15-6-4-5-11-19(15,2)17(16)9-12-20(18,21)3/h10,13,15-18,23H,4-9,11-12H2,1-3H3/t15?,16-,17+,18+,19+,20+,21+/m1/s1. The molecule has 0 spiro atoms. The highest BCUT2D eigenvalue weighted by atomic mass is 16.3. The minimum Gasteiger partial charge on any atom is -0.377 e. The van der Waals surface area contributed by atoms with Gasteiger partial charge in [0.25, 0.3) is 0 Å². The highest BCUT2D eigenvalue weighted by molar-refractivity contribution is 5.88. The van der Waals surface area contributed by atoms with Gasteiger partial charge in [-0.05, 0) is 80.6 Å². The molecule has 0 aromatic heterocycles. The molecule has 0 aromatic carbocycles. The number of hydrogen-bond acceptors (Lipinski definition) is 2. The second-order valence-electron chi connectivity index (χ2n) is 9.46. The summed E-state index contributed by atoms with van der Waals surface area (Å²) in [6, 6.07) is 0. The first kappa shape index (κ1) is 15.9. The van der Waals surface area contributed by atoms with Crippen LogP contribution in [0, 0.1) is 34.5 Å². The quantitative estimate of drug-likeness (QED) is 0.722. The molecule has 3 fully saturated rings. The van der Waals surface area contributed by atoms with Gasteiger partial charge in [0.2, 0.25) is 0 Å². The van der Waals surface area contributed by atoms with E-state index in [9.17, 15) is 9.90 Å². The van der Waals surface area contributed by atoms with Crippen molar-refractivity contribution in [3.05, 3.63) is 12.2 Å². The molecule has 1 N–H and O–H groups in total. The van der Waals surface area contributed by atoms with Crippen LogP contribution < -0.4 is 0 Å². The Hall–Kier alpha value is -0.630. The predicted octanol–water partition coefficient (Wildman–Crippen LogP) is 4.52. The third-order valence-electron chi connectivity index (χ3n) is 8.79. The fourth-order valence-corrected chi connectivity index (χ4v) is 7.30. The van der Waals surface area contributed by atoms with Gasteiger partial charge >= 0.3 is 0 Å². The van der Waals surface area contributed by atoms with E-state index in [2.05, 4.69) is 19.9 Å². The van der Waals surface area contributed by atoms with Crippen LogP contribution in [-0.2, 0) is 4.79 Å². The van der Waals surface area contributed by atoms with E-state index in [1.165, 1.54) is 44.9 Å². The number of rotatable bonds is 1. The highest BCUT2D eigenvalue weighted by Crippen LogP contribution is 2.66. The molecule has 0 saturated heterocycles. The van der Waals surface area contributed by atoms with Crippen LogP contribution >= 0.6 is 0 Å². The molecule has 7 atom stereocenters. The smallest absolute Gasteiger partial charge is 0.165 e. The number of carbonyl (C=O) groups is 1. The summed E-state index contributed by atoms with van der Waals surface area (Å²) >= 11 is 0. The Kier molecular flexibility index (Phi) is 3.41. The van der Waals surface area contributed by atoms with E-state index in [4.69, 9.17) is 0 Å². The van der Waals surface area contributed by atoms with E-state index in [0.717, 1.165) is 18.3 Å². The minimum atomic E-state index is -1.23. The molecule has 0 aromatic rings. The Morgan fingerprint density at radius 1 is 1.09 bits per heavy atom. The zero-order valence-electron chi connectivity index (χ0n) is 15.0. The summed E-state index contributed by atoms with van der Waals surface area (Å²) in [5.41, 5.74) is -1.00. The third kappa shape index (κ3) is 1.88. The molecule has 0 amide bonds. The number of hydrogen-bond donors (Lipinski definition) is 1. The lowest BCUT2D eigenvalue weighted by Gasteiger charge is -2.61. The first-order valence-corrected chi connectivity index (χ1v) is 9.76. The van der Waals surface area contributed by atoms with Crippen LogP contribution in [0.5, 0.6) is 0 Å². The summed E-state index contributed by atoms with van der Waals surface area (Å²) in [5.74, 6) is 2.68. The lowest BCUT2D eigenvalue weighted by atomic mass is 9.44. The molecule has 2 heteroatoms. The van der Waals surface area contributed by atoms with Crippen LogP contribution in [0.1, 0.15) is 72.1 Å². The molecule has 4 aliphatic carbocycles. The van der Waals surface area contributed by atoms with Crippen LogP contribution in [-0.4, -0.2) is 16.5 Å². The lowest BCUT2D eigenvalue weighted by Crippen LogP contribution is -2.58. The van der Waals surface area contributed by atoms with Crippen LogP contribution in [0.25, 0.3) is 0 Å². The maximum absolute atomic E-state index is 12.2. The molecule has 3 saturated carbocycles. The summed E-state index contributed by atoms with van der Waals surface area (Å²) in [6.07, 6.45) is 14.5. The maximum Gasteiger partial charge on any atom is 0.165 e. The number of Topliss-reactive ketones (excluding diaryl/α,β-unsaturated/α-hetero) is 1. The van der Waals surface area contributed by atoms with Gasteiger partial charge in [0.1, 0.15) is 5.60 Å². The monoisotopic (exact) mass is 316 g/mol. The van der Waals surface area contributed by atoms with Crippen LogP contribution in [0.3, 0.4) is 0 Å². The normalized spacial score (nSPS) is 55.0. The molecule has 0 bridgehead atoms. The maximum atomic E-state index is 12.2. The molecular formula is C21H32O2. The van der Waals surface area contributed by atoms with Crippen molar-refractivity contribution in [2.45, 2.75) is 77.7 Å². The number of carbonyl (C=O) groups excluding carboxylic acids is 1. The van der Waals surface area contributed by atoms with E-state index >= 15 is 0 Å². The van der Waals surface area contributed by atoms with Gasteiger partial charge in [-0.2, -0.15) is 0 Å². The van der Waals surface area contributed by atoms with Gasteiger partial charge in [-0.25, -0.2) is 0 Å². The van der Waals surface area contributed by atoms with E-state index in [-0.39, 0.29) is 11.2 Å². The highest BCUT2D eigenvalue weighted by Gasteiger charge is 2.63. The molecule has 0 radical (unpaired) electrons. The van der Waals surface area contributed by atoms with Crippen molar-refractivity contribution in [3.63, 3.8) is 0 Å². The Balaban J connectivity index is 1.68. The summed E-state index contributed by atoms with van der Waals surface area (Å²) in [7, 11) is 0. The van der Waals surface area contributed by atoms with Crippen molar-refractivity contribution in [1.82, 2.24) is 0 Å². The Morgan fingerprint density at radius 3 is 2.61 bits per heavy atom. The summed E-state index contributed by atoms with van der Waals surface area (Å²) in [6.45, 7) is 6.29. The average Bonchev–Trinajstić information content (AvgIpc) is 2.80. The third-order valence-corrected chi connectivity index (χ3v) is 8.79. The van der Waals surface area contributed by atoms with Gasteiger partial charge in [0.15, 0.2) is 5.78 Å². The van der Waals surface area contributed by atoms with Crippen molar-refractivity contribution in [2.24, 2.45) is 34.5 Å². The SMILES string of the molecule is CC(=O)[C@@]1(O)C=C[C@H]2[C@@H]3CCC4CCCC[C@]4(C)[C@H]3CC[C@@]21C. The average molecular weight is 316 g/mol. The van der Waals surface area contributed by atoms with Gasteiger partial charge in [0.05, 0.1) is 0 Å². The van der Waals surface area contributed by atoms with Crippen LogP contribution in [0.4, 0.5) is 0 Å². The van der Waals surface area contributed by atoms with E-state index in [1.54, 1.807) is 6.92 Å². The van der Waals surface area contributed by atoms with Crippen molar-refractivity contribution in [2.75, 3.05) is 0 Å². The summed E-state index contributed by atoms with van der Waals surface area (Å²) in [5, 5.41) is 11.1. The Morgan fingerprint density at radius 2 is 1.87 bits per heavy atom. The molecule has 4 rings (SSSR count). The fourth-order valence-electron chi connectivity index (χ4n) is 7.30. The van der Waals surface area contributed by atoms with Crippen molar-refractivity contribution in [1.29, 1.82) is 0 Å². The zero-order valence-corrected chi connectivity index (χ0v) is 15.0. The van der Waals surface area contributed by atoms with Gasteiger partial charge in [-0.15, -0.1) is 0 Å². The van der Waals surface area contributed by atoms with Crippen LogP contribution in [0.15, 0.2) is 12.2 Å². The van der Waals surface area contributed by atoms with Crippen LogP contribution in [0.2, 0.25) is 0 Å². The van der Waals surface area contributed by atoms with E-state index in [1.807, 2.05) is 6.08 Å². The van der Waals surface area contributed by atoms with E-state index < -0.39 is 5.60 Å². The van der Waals surface area contributed by atoms with Crippen molar-refractivity contribution in [3.8, 4) is 0 Å². The predicted molar refractivity (Wildman–Crippen MR) is 91.9 cm³/mol. The molecule has 0 heterocycles. The summed E-state index contributed by atoms with van der Waals surface area (Å²) < 4.78 is 0. The van der Waals surface area contributed by atoms with Gasteiger partial charge < -0.3 is 5.11 Å². The zero-order chi connectivity index (χ0) is 16.5. The molecular weight excluding hydrogens is 284 g/mol. The molecule has 0 aliphatic heterocycles. The number of fused-ring (bicyclic) bond motifs is 5. The Bertz CT molecular complexity index is 552. The minimum absolute atomic E-state index is 0.0743. The lowest BCUT2D eigenvalue weighted by molar-refractivity contribution is -0.161. The molecule has 1 unspecified atom stereocenters. The topological polar surface area (TPSA) is 37.3 Å². The first-order chi connectivity index (χ1) is 10.8. The Labute approximate surface area is 140 Å². The number of ketones is 1. The molecule has 2 nitrogen and oxygen atoms in total. The van der Waals surface area contributed by atoms with Gasteiger partial charge in [-0.3, -0.25) is 4.79 Å². The molecule has 128 valence electrons. The van der Waals surface area contributed by atoms with Crippen molar-refractivity contribution >= 4 is 5.78 Å². The van der Waals surface area contributed by atoms with E-state index in [0.29, 0.717) is 17.3 Å². The largest absolute Gasteiger partial charge is 0.377 e. The second kappa shape index (κ2) is 4.94. The van der Waals surface area contributed by atoms with Crippen molar-refractivity contribution < 1.29 is 9.90 Å². The number of allylic oxidation sites excluding steroid dienone is 1. The first-order valence-electron chi connectivity index (χ1n) is 9.76. The van der Waals surface area contributed by atoms with Gasteiger partial charge in [0, 0.05) is 5.41 Å². The van der Waals surface area contributed by atoms with Gasteiger partial charge in [-0.1, -0.05) is 32.8 Å². The molecule has 23 heavy (non-hydrogen) atoms. The summed E-state index contributed by atoms with van der Waals surface area (Å²) in [4.78, 5) is 12.2. The number of aliphatic hydroxyl groups is 1. The molecule has 4 aliphatic rings.